The molecule has 2 heterocycles. The molecule has 23 heavy (non-hydrogen) atoms. The summed E-state index contributed by atoms with van der Waals surface area (Å²) in [5.41, 5.74) is 0. The van der Waals surface area contributed by atoms with Crippen molar-refractivity contribution in [3.63, 3.8) is 0 Å². The molecule has 4 heteroatoms. The number of nitrogens with zero attached hydrogens (tertiary/aromatic N) is 2. The number of likely N-dealkylation sites (tertiary alicyclic amines) is 1. The lowest BCUT2D eigenvalue weighted by molar-refractivity contribution is -0.151. The molecule has 4 rings (SSSR count). The van der Waals surface area contributed by atoms with Crippen LogP contribution in [0.15, 0.2) is 0 Å². The fourth-order valence-electron chi connectivity index (χ4n) is 5.59. The highest BCUT2D eigenvalue weighted by molar-refractivity contribution is 5.79. The maximum absolute atomic E-state index is 13.0. The minimum Gasteiger partial charge on any atom is -0.374 e. The second-order valence-electron chi connectivity index (χ2n) is 8.07. The lowest BCUT2D eigenvalue weighted by Crippen LogP contribution is -2.57. The van der Waals surface area contributed by atoms with E-state index in [0.29, 0.717) is 30.6 Å². The topological polar surface area (TPSA) is 32.8 Å². The van der Waals surface area contributed by atoms with Gasteiger partial charge in [-0.25, -0.2) is 0 Å². The maximum atomic E-state index is 13.0. The Labute approximate surface area is 140 Å². The van der Waals surface area contributed by atoms with Gasteiger partial charge in [0.05, 0.1) is 25.3 Å². The number of morpholine rings is 1. The van der Waals surface area contributed by atoms with Crippen LogP contribution in [0.25, 0.3) is 0 Å². The van der Waals surface area contributed by atoms with Gasteiger partial charge in [-0.15, -0.1) is 0 Å². The first-order valence-electron chi connectivity index (χ1n) is 9.98. The molecule has 0 bridgehead atoms. The van der Waals surface area contributed by atoms with E-state index in [4.69, 9.17) is 4.74 Å². The number of ether oxygens (including phenoxy) is 1. The fraction of sp³-hybridized carbons (Fsp3) is 0.947. The summed E-state index contributed by atoms with van der Waals surface area (Å²) in [6, 6.07) is 1.04. The molecular formula is C19H32N2O2. The number of amides is 1. The number of rotatable bonds is 3. The van der Waals surface area contributed by atoms with Crippen molar-refractivity contribution in [2.75, 3.05) is 26.2 Å². The highest BCUT2D eigenvalue weighted by atomic mass is 16.5. The van der Waals surface area contributed by atoms with Gasteiger partial charge in [0.2, 0.25) is 5.91 Å². The lowest BCUT2D eigenvalue weighted by atomic mass is 9.90. The van der Waals surface area contributed by atoms with Gasteiger partial charge in [-0.05, 0) is 51.0 Å². The number of carbonyl (C=O) groups is 1. The molecular weight excluding hydrogens is 288 g/mol. The fourth-order valence-corrected chi connectivity index (χ4v) is 5.59. The summed E-state index contributed by atoms with van der Waals surface area (Å²) in [5, 5.41) is 0. The SMILES string of the molecule is O=C(CN1CCC[C@@H]1C1CCCC1)N1CCO[C@H]2CCCC[C@H]21. The average Bonchev–Trinajstić information content (AvgIpc) is 3.25. The predicted octanol–water partition coefficient (Wildman–Crippen LogP) is 2.81. The van der Waals surface area contributed by atoms with Gasteiger partial charge in [0.25, 0.3) is 0 Å². The minimum absolute atomic E-state index is 0.311. The summed E-state index contributed by atoms with van der Waals surface area (Å²) in [6.45, 7) is 3.33. The van der Waals surface area contributed by atoms with Gasteiger partial charge in [0.15, 0.2) is 0 Å². The Morgan fingerprint density at radius 3 is 2.48 bits per heavy atom. The molecule has 0 N–H and O–H groups in total. The van der Waals surface area contributed by atoms with Crippen molar-refractivity contribution in [2.24, 2.45) is 5.92 Å². The average molecular weight is 320 g/mol. The van der Waals surface area contributed by atoms with E-state index in [-0.39, 0.29) is 0 Å². The van der Waals surface area contributed by atoms with Crippen LogP contribution in [0.3, 0.4) is 0 Å². The van der Waals surface area contributed by atoms with Crippen LogP contribution >= 0.6 is 0 Å². The highest BCUT2D eigenvalue weighted by Crippen LogP contribution is 2.35. The Hall–Kier alpha value is -0.610. The highest BCUT2D eigenvalue weighted by Gasteiger charge is 2.39. The summed E-state index contributed by atoms with van der Waals surface area (Å²) >= 11 is 0. The molecule has 0 radical (unpaired) electrons. The van der Waals surface area contributed by atoms with Gasteiger partial charge in [-0.2, -0.15) is 0 Å². The molecule has 0 aromatic carbocycles. The van der Waals surface area contributed by atoms with E-state index in [2.05, 4.69) is 9.80 Å². The Kier molecular flexibility index (Phi) is 4.91. The molecule has 4 fully saturated rings. The zero-order valence-corrected chi connectivity index (χ0v) is 14.4. The van der Waals surface area contributed by atoms with Crippen molar-refractivity contribution in [1.29, 1.82) is 0 Å². The first-order valence-corrected chi connectivity index (χ1v) is 9.98. The van der Waals surface area contributed by atoms with Crippen molar-refractivity contribution in [1.82, 2.24) is 9.80 Å². The monoisotopic (exact) mass is 320 g/mol. The zero-order valence-electron chi connectivity index (χ0n) is 14.4. The van der Waals surface area contributed by atoms with E-state index in [1.807, 2.05) is 0 Å². The number of hydrogen-bond donors (Lipinski definition) is 0. The number of hydrogen-bond acceptors (Lipinski definition) is 3. The van der Waals surface area contributed by atoms with Crippen LogP contribution in [-0.4, -0.2) is 60.1 Å². The molecule has 4 aliphatic rings. The van der Waals surface area contributed by atoms with Gasteiger partial charge in [0, 0.05) is 12.6 Å². The van der Waals surface area contributed by atoms with E-state index >= 15 is 0 Å². The number of carbonyl (C=O) groups excluding carboxylic acids is 1. The summed E-state index contributed by atoms with van der Waals surface area (Å²) in [5.74, 6) is 1.23. The van der Waals surface area contributed by atoms with Crippen LogP contribution < -0.4 is 0 Å². The normalized spacial score (nSPS) is 36.3. The van der Waals surface area contributed by atoms with Crippen LogP contribution in [-0.2, 0) is 9.53 Å². The zero-order chi connectivity index (χ0) is 15.6. The molecule has 2 saturated heterocycles. The third kappa shape index (κ3) is 3.30. The molecule has 0 aromatic heterocycles. The minimum atomic E-state index is 0.311. The summed E-state index contributed by atoms with van der Waals surface area (Å²) in [6.07, 6.45) is 13.3. The summed E-state index contributed by atoms with van der Waals surface area (Å²) in [4.78, 5) is 17.7. The van der Waals surface area contributed by atoms with Gasteiger partial charge in [-0.1, -0.05) is 25.7 Å². The molecule has 3 atom stereocenters. The molecule has 2 aliphatic heterocycles. The Balaban J connectivity index is 1.38. The Bertz CT molecular complexity index is 420. The van der Waals surface area contributed by atoms with E-state index < -0.39 is 0 Å². The summed E-state index contributed by atoms with van der Waals surface area (Å²) in [7, 11) is 0. The molecule has 4 nitrogen and oxygen atoms in total. The second kappa shape index (κ2) is 7.10. The standard InChI is InChI=1S/C19H32N2O2/c22-19(21-12-13-23-18-10-4-3-8-17(18)21)14-20-11-5-9-16(20)15-6-1-2-7-15/h15-18H,1-14H2/t16-,17-,18+/m1/s1. The van der Waals surface area contributed by atoms with Crippen LogP contribution in [0.2, 0.25) is 0 Å². The molecule has 2 aliphatic carbocycles. The Morgan fingerprint density at radius 2 is 1.61 bits per heavy atom. The largest absolute Gasteiger partial charge is 0.374 e. The van der Waals surface area contributed by atoms with Gasteiger partial charge in [-0.3, -0.25) is 9.69 Å². The van der Waals surface area contributed by atoms with Crippen molar-refractivity contribution < 1.29 is 9.53 Å². The molecule has 0 spiro atoms. The molecule has 2 saturated carbocycles. The predicted molar refractivity (Wildman–Crippen MR) is 90.3 cm³/mol. The first-order chi connectivity index (χ1) is 11.3. The summed E-state index contributed by atoms with van der Waals surface area (Å²) < 4.78 is 5.93. The van der Waals surface area contributed by atoms with E-state index in [0.717, 1.165) is 38.5 Å². The third-order valence-electron chi connectivity index (χ3n) is 6.75. The van der Waals surface area contributed by atoms with Gasteiger partial charge < -0.3 is 9.64 Å². The van der Waals surface area contributed by atoms with Crippen LogP contribution in [0, 0.1) is 5.92 Å². The van der Waals surface area contributed by atoms with Crippen molar-refractivity contribution >= 4 is 5.91 Å². The van der Waals surface area contributed by atoms with Crippen LogP contribution in [0.4, 0.5) is 0 Å². The maximum Gasteiger partial charge on any atom is 0.237 e. The molecule has 130 valence electrons. The molecule has 0 unspecified atom stereocenters. The van der Waals surface area contributed by atoms with Gasteiger partial charge >= 0.3 is 0 Å². The quantitative estimate of drug-likeness (QED) is 0.801. The second-order valence-corrected chi connectivity index (χ2v) is 8.07. The van der Waals surface area contributed by atoms with Crippen molar-refractivity contribution in [3.8, 4) is 0 Å². The first kappa shape index (κ1) is 15.9. The Morgan fingerprint density at radius 1 is 0.870 bits per heavy atom. The van der Waals surface area contributed by atoms with Crippen molar-refractivity contribution in [2.45, 2.75) is 82.4 Å². The van der Waals surface area contributed by atoms with E-state index in [1.54, 1.807) is 0 Å². The third-order valence-corrected chi connectivity index (χ3v) is 6.75. The smallest absolute Gasteiger partial charge is 0.237 e. The van der Waals surface area contributed by atoms with Crippen LogP contribution in [0.5, 0.6) is 0 Å². The van der Waals surface area contributed by atoms with Crippen LogP contribution in [0.1, 0.15) is 64.2 Å². The van der Waals surface area contributed by atoms with E-state index in [9.17, 15) is 4.79 Å². The lowest BCUT2D eigenvalue weighted by Gasteiger charge is -2.44. The molecule has 0 aromatic rings. The van der Waals surface area contributed by atoms with Gasteiger partial charge in [0.1, 0.15) is 0 Å². The number of fused-ring (bicyclic) bond motifs is 1. The van der Waals surface area contributed by atoms with Crippen molar-refractivity contribution in [3.05, 3.63) is 0 Å². The molecule has 1 amide bonds. The van der Waals surface area contributed by atoms with E-state index in [1.165, 1.54) is 51.4 Å².